The fourth-order valence-corrected chi connectivity index (χ4v) is 4.35. The quantitative estimate of drug-likeness (QED) is 0.805. The van der Waals surface area contributed by atoms with Gasteiger partial charge in [-0.15, -0.1) is 10.2 Å². The van der Waals surface area contributed by atoms with Gasteiger partial charge in [-0.1, -0.05) is 24.2 Å². The first kappa shape index (κ1) is 16.9. The van der Waals surface area contributed by atoms with Gasteiger partial charge >= 0.3 is 0 Å². The molecule has 0 unspecified atom stereocenters. The molecule has 1 aliphatic heterocycles. The minimum Gasteiger partial charge on any atom is -0.462 e. The van der Waals surface area contributed by atoms with E-state index in [9.17, 15) is 14.4 Å². The fraction of sp³-hybridized carbons (Fsp3) is 0.471. The third kappa shape index (κ3) is 3.14. The van der Waals surface area contributed by atoms with E-state index in [4.69, 9.17) is 4.42 Å². The van der Waals surface area contributed by atoms with Crippen molar-refractivity contribution in [3.05, 3.63) is 18.4 Å². The van der Waals surface area contributed by atoms with E-state index in [-0.39, 0.29) is 42.5 Å². The number of aromatic nitrogens is 2. The average molecular weight is 374 g/mol. The SMILES string of the molecule is O=C(CCN1C(=O)[C@@H]2CCCC[C@H]2C1=O)Nc1nnc(-c2ccco2)s1. The lowest BCUT2D eigenvalue weighted by Gasteiger charge is -2.19. The van der Waals surface area contributed by atoms with Gasteiger partial charge in [0.05, 0.1) is 18.1 Å². The summed E-state index contributed by atoms with van der Waals surface area (Å²) in [5, 5.41) is 11.5. The van der Waals surface area contributed by atoms with Crippen LogP contribution in [0.15, 0.2) is 22.8 Å². The van der Waals surface area contributed by atoms with Gasteiger partial charge < -0.3 is 9.73 Å². The molecule has 0 radical (unpaired) electrons. The number of nitrogens with one attached hydrogen (secondary N) is 1. The van der Waals surface area contributed by atoms with Crippen LogP contribution in [0.5, 0.6) is 0 Å². The first-order valence-electron chi connectivity index (χ1n) is 8.66. The molecule has 2 aliphatic rings. The molecule has 9 heteroatoms. The lowest BCUT2D eigenvalue weighted by molar-refractivity contribution is -0.140. The molecule has 136 valence electrons. The highest BCUT2D eigenvalue weighted by Gasteiger charge is 2.47. The number of carbonyl (C=O) groups is 3. The summed E-state index contributed by atoms with van der Waals surface area (Å²) in [4.78, 5) is 38.2. The zero-order chi connectivity index (χ0) is 18.1. The number of amides is 3. The molecule has 0 bridgehead atoms. The maximum atomic E-state index is 12.4. The van der Waals surface area contributed by atoms with Gasteiger partial charge in [0.25, 0.3) is 0 Å². The Morgan fingerprint density at radius 2 is 1.96 bits per heavy atom. The Labute approximate surface area is 153 Å². The number of imide groups is 1. The molecule has 1 saturated carbocycles. The molecule has 0 aromatic carbocycles. The molecular weight excluding hydrogens is 356 g/mol. The summed E-state index contributed by atoms with van der Waals surface area (Å²) in [6.45, 7) is 0.111. The van der Waals surface area contributed by atoms with Gasteiger partial charge in [0.1, 0.15) is 0 Å². The monoisotopic (exact) mass is 374 g/mol. The van der Waals surface area contributed by atoms with Crippen LogP contribution in [-0.2, 0) is 14.4 Å². The fourth-order valence-electron chi connectivity index (χ4n) is 3.62. The molecule has 2 fully saturated rings. The second-order valence-electron chi connectivity index (χ2n) is 6.51. The average Bonchev–Trinajstić information content (AvgIpc) is 3.36. The van der Waals surface area contributed by atoms with Gasteiger partial charge in [-0.25, -0.2) is 0 Å². The number of rotatable bonds is 5. The first-order valence-corrected chi connectivity index (χ1v) is 9.47. The predicted molar refractivity (Wildman–Crippen MR) is 93.0 cm³/mol. The topological polar surface area (TPSA) is 105 Å². The zero-order valence-corrected chi connectivity index (χ0v) is 14.8. The summed E-state index contributed by atoms with van der Waals surface area (Å²) in [6.07, 6.45) is 5.12. The van der Waals surface area contributed by atoms with Crippen LogP contribution in [0.4, 0.5) is 5.13 Å². The van der Waals surface area contributed by atoms with Gasteiger partial charge in [-0.2, -0.15) is 0 Å². The second-order valence-corrected chi connectivity index (χ2v) is 7.49. The van der Waals surface area contributed by atoms with Crippen LogP contribution >= 0.6 is 11.3 Å². The molecule has 2 atom stereocenters. The maximum Gasteiger partial charge on any atom is 0.233 e. The van der Waals surface area contributed by atoms with Crippen molar-refractivity contribution in [2.24, 2.45) is 11.8 Å². The van der Waals surface area contributed by atoms with Gasteiger partial charge in [-0.3, -0.25) is 19.3 Å². The van der Waals surface area contributed by atoms with Crippen molar-refractivity contribution >= 4 is 34.2 Å². The summed E-state index contributed by atoms with van der Waals surface area (Å²) in [6, 6.07) is 3.51. The molecule has 1 saturated heterocycles. The summed E-state index contributed by atoms with van der Waals surface area (Å²) in [5.41, 5.74) is 0. The Kier molecular flexibility index (Phi) is 4.54. The van der Waals surface area contributed by atoms with Crippen molar-refractivity contribution in [2.45, 2.75) is 32.1 Å². The Hall–Kier alpha value is -2.55. The first-order chi connectivity index (χ1) is 12.6. The van der Waals surface area contributed by atoms with Crippen LogP contribution in [0.2, 0.25) is 0 Å². The van der Waals surface area contributed by atoms with Crippen LogP contribution in [0, 0.1) is 11.8 Å². The van der Waals surface area contributed by atoms with E-state index in [1.54, 1.807) is 12.1 Å². The minimum atomic E-state index is -0.303. The van der Waals surface area contributed by atoms with Crippen molar-refractivity contribution in [3.8, 4) is 10.8 Å². The van der Waals surface area contributed by atoms with Crippen LogP contribution in [0.1, 0.15) is 32.1 Å². The lowest BCUT2D eigenvalue weighted by atomic mass is 9.81. The molecule has 2 aromatic heterocycles. The molecule has 8 nitrogen and oxygen atoms in total. The van der Waals surface area contributed by atoms with E-state index >= 15 is 0 Å². The number of carbonyl (C=O) groups excluding carboxylic acids is 3. The number of fused-ring (bicyclic) bond motifs is 1. The van der Waals surface area contributed by atoms with E-state index in [2.05, 4.69) is 15.5 Å². The molecule has 1 N–H and O–H groups in total. The largest absolute Gasteiger partial charge is 0.462 e. The molecule has 3 heterocycles. The highest BCUT2D eigenvalue weighted by molar-refractivity contribution is 7.18. The summed E-state index contributed by atoms with van der Waals surface area (Å²) in [5.74, 6) is -0.329. The van der Waals surface area contributed by atoms with E-state index < -0.39 is 0 Å². The van der Waals surface area contributed by atoms with E-state index in [0.29, 0.717) is 15.9 Å². The Bertz CT molecular complexity index is 808. The second kappa shape index (κ2) is 6.99. The number of likely N-dealkylation sites (tertiary alicyclic amines) is 1. The number of hydrogen-bond acceptors (Lipinski definition) is 7. The van der Waals surface area contributed by atoms with Crippen molar-refractivity contribution in [1.82, 2.24) is 15.1 Å². The van der Waals surface area contributed by atoms with Crippen molar-refractivity contribution in [2.75, 3.05) is 11.9 Å². The van der Waals surface area contributed by atoms with Gasteiger partial charge in [0, 0.05) is 13.0 Å². The van der Waals surface area contributed by atoms with Gasteiger partial charge in [0.2, 0.25) is 22.9 Å². The number of anilines is 1. The predicted octanol–water partition coefficient (Wildman–Crippen LogP) is 2.30. The number of nitrogens with zero attached hydrogens (tertiary/aromatic N) is 3. The highest BCUT2D eigenvalue weighted by atomic mass is 32.1. The van der Waals surface area contributed by atoms with Crippen molar-refractivity contribution < 1.29 is 18.8 Å². The molecule has 2 aromatic rings. The molecule has 0 spiro atoms. The van der Waals surface area contributed by atoms with Crippen molar-refractivity contribution in [3.63, 3.8) is 0 Å². The van der Waals surface area contributed by atoms with Crippen LogP contribution < -0.4 is 5.32 Å². The Morgan fingerprint density at radius 3 is 2.62 bits per heavy atom. The Morgan fingerprint density at radius 1 is 1.23 bits per heavy atom. The van der Waals surface area contributed by atoms with Gasteiger partial charge in [0.15, 0.2) is 10.8 Å². The lowest BCUT2D eigenvalue weighted by Crippen LogP contribution is -2.34. The molecule has 3 amide bonds. The summed E-state index contributed by atoms with van der Waals surface area (Å²) in [7, 11) is 0. The molecule has 4 rings (SSSR count). The molecule has 1 aliphatic carbocycles. The Balaban J connectivity index is 1.33. The maximum absolute atomic E-state index is 12.4. The standard InChI is InChI=1S/C17H18N4O4S/c22-13(18-17-20-19-14(26-17)12-6-3-9-25-12)7-8-21-15(23)10-4-1-2-5-11(10)16(21)24/h3,6,9-11H,1-2,4-5,7-8H2,(H,18,20,22)/t10-,11-/m1/s1. The number of hydrogen-bond donors (Lipinski definition) is 1. The number of furan rings is 1. The van der Waals surface area contributed by atoms with E-state index in [1.807, 2.05) is 0 Å². The molecule has 26 heavy (non-hydrogen) atoms. The van der Waals surface area contributed by atoms with Crippen LogP contribution in [0.25, 0.3) is 10.8 Å². The van der Waals surface area contributed by atoms with E-state index in [1.165, 1.54) is 22.5 Å². The third-order valence-corrected chi connectivity index (χ3v) is 5.75. The van der Waals surface area contributed by atoms with Gasteiger partial charge in [-0.05, 0) is 25.0 Å². The molecular formula is C17H18N4O4S. The van der Waals surface area contributed by atoms with E-state index in [0.717, 1.165) is 25.7 Å². The minimum absolute atomic E-state index is 0.0482. The van der Waals surface area contributed by atoms with Crippen LogP contribution in [0.3, 0.4) is 0 Å². The zero-order valence-electron chi connectivity index (χ0n) is 14.0. The highest BCUT2D eigenvalue weighted by Crippen LogP contribution is 2.38. The normalized spacial score (nSPS) is 22.5. The smallest absolute Gasteiger partial charge is 0.233 e. The summed E-state index contributed by atoms with van der Waals surface area (Å²) < 4.78 is 5.24. The van der Waals surface area contributed by atoms with Crippen LogP contribution in [-0.4, -0.2) is 39.4 Å². The van der Waals surface area contributed by atoms with Crippen molar-refractivity contribution in [1.29, 1.82) is 0 Å². The third-order valence-electron chi connectivity index (χ3n) is 4.90. The summed E-state index contributed by atoms with van der Waals surface area (Å²) >= 11 is 1.20.